The fourth-order valence-electron chi connectivity index (χ4n) is 3.31. The number of nitrogens with zero attached hydrogens (tertiary/aromatic N) is 1. The average Bonchev–Trinajstić information content (AvgIpc) is 3.16. The molecule has 1 saturated heterocycles. The lowest BCUT2D eigenvalue weighted by atomic mass is 10.0. The maximum atomic E-state index is 13.3. The number of sulfonamides is 1. The molecule has 1 fully saturated rings. The van der Waals surface area contributed by atoms with Crippen LogP contribution in [0.1, 0.15) is 45.6 Å². The number of alkyl carbamates (subject to hydrolysis) is 1. The third-order valence-electron chi connectivity index (χ3n) is 4.79. The molecule has 172 valence electrons. The molecule has 0 radical (unpaired) electrons. The monoisotopic (exact) mass is 454 g/mol. The van der Waals surface area contributed by atoms with Gasteiger partial charge in [0, 0.05) is 6.54 Å². The molecule has 0 aliphatic carbocycles. The minimum Gasteiger partial charge on any atom is -0.469 e. The molecule has 1 heterocycles. The number of carbonyl (C=O) groups is 3. The van der Waals surface area contributed by atoms with Crippen LogP contribution in [0.25, 0.3) is 0 Å². The number of carbonyl (C=O) groups excluding carboxylic acids is 3. The summed E-state index contributed by atoms with van der Waals surface area (Å²) in [6.07, 6.45) is -0.527. The highest BCUT2D eigenvalue weighted by atomic mass is 32.2. The third kappa shape index (κ3) is 6.51. The highest BCUT2D eigenvalue weighted by Crippen LogP contribution is 2.28. The fraction of sp³-hybridized carbons (Fsp3) is 0.571. The van der Waals surface area contributed by atoms with Crippen LogP contribution in [0.5, 0.6) is 0 Å². The van der Waals surface area contributed by atoms with Gasteiger partial charge in [-0.3, -0.25) is 9.59 Å². The number of benzene rings is 1. The van der Waals surface area contributed by atoms with Crippen molar-refractivity contribution in [2.75, 3.05) is 13.7 Å². The summed E-state index contributed by atoms with van der Waals surface area (Å²) in [6.45, 7) is 7.01. The number of esters is 1. The number of ether oxygens (including phenoxy) is 2. The molecule has 31 heavy (non-hydrogen) atoms. The van der Waals surface area contributed by atoms with Gasteiger partial charge in [-0.1, -0.05) is 17.7 Å². The van der Waals surface area contributed by atoms with Crippen LogP contribution in [0, 0.1) is 6.92 Å². The zero-order chi connectivity index (χ0) is 23.4. The van der Waals surface area contributed by atoms with E-state index in [9.17, 15) is 22.8 Å². The van der Waals surface area contributed by atoms with Gasteiger partial charge in [0.1, 0.15) is 11.6 Å². The smallest absolute Gasteiger partial charge is 0.408 e. The van der Waals surface area contributed by atoms with Crippen molar-refractivity contribution in [2.45, 2.75) is 69.5 Å². The molecule has 1 aliphatic rings. The minimum absolute atomic E-state index is 0.0856. The Bertz CT molecular complexity index is 920. The number of nitrogens with one attached hydrogen (secondary N) is 1. The first kappa shape index (κ1) is 24.8. The van der Waals surface area contributed by atoms with Gasteiger partial charge in [0.05, 0.1) is 24.5 Å². The summed E-state index contributed by atoms with van der Waals surface area (Å²) in [5.74, 6) is -1.29. The molecule has 0 saturated carbocycles. The van der Waals surface area contributed by atoms with Gasteiger partial charge in [-0.2, -0.15) is 4.31 Å². The lowest BCUT2D eigenvalue weighted by Gasteiger charge is -2.27. The maximum Gasteiger partial charge on any atom is 0.408 e. The number of methoxy groups -OCH3 is 1. The summed E-state index contributed by atoms with van der Waals surface area (Å²) in [5.41, 5.74) is 0.101. The molecule has 1 aliphatic heterocycles. The van der Waals surface area contributed by atoms with Crippen LogP contribution >= 0.6 is 0 Å². The van der Waals surface area contributed by atoms with E-state index in [1.807, 2.05) is 6.92 Å². The largest absolute Gasteiger partial charge is 0.469 e. The molecule has 0 spiro atoms. The maximum absolute atomic E-state index is 13.3. The van der Waals surface area contributed by atoms with Crippen LogP contribution in [0.15, 0.2) is 29.2 Å². The quantitative estimate of drug-likeness (QED) is 0.627. The average molecular weight is 455 g/mol. The van der Waals surface area contributed by atoms with E-state index in [2.05, 4.69) is 10.1 Å². The van der Waals surface area contributed by atoms with Gasteiger partial charge in [-0.05, 0) is 52.7 Å². The first-order valence-electron chi connectivity index (χ1n) is 10.0. The second kappa shape index (κ2) is 9.78. The Kier molecular flexibility index (Phi) is 7.82. The second-order valence-corrected chi connectivity index (χ2v) is 10.4. The van der Waals surface area contributed by atoms with Gasteiger partial charge in [0.2, 0.25) is 10.0 Å². The van der Waals surface area contributed by atoms with Crippen LogP contribution in [0.4, 0.5) is 4.79 Å². The van der Waals surface area contributed by atoms with Gasteiger partial charge >= 0.3 is 12.1 Å². The summed E-state index contributed by atoms with van der Waals surface area (Å²) >= 11 is 0. The van der Waals surface area contributed by atoms with E-state index >= 15 is 0 Å². The van der Waals surface area contributed by atoms with E-state index in [0.717, 1.165) is 9.87 Å². The number of amides is 1. The Morgan fingerprint density at radius 2 is 1.81 bits per heavy atom. The molecule has 1 unspecified atom stereocenters. The first-order chi connectivity index (χ1) is 14.3. The molecular weight excluding hydrogens is 424 g/mol. The number of hydrogen-bond acceptors (Lipinski definition) is 7. The van der Waals surface area contributed by atoms with Crippen LogP contribution < -0.4 is 5.32 Å². The Labute approximate surface area is 183 Å². The zero-order valence-corrected chi connectivity index (χ0v) is 19.3. The molecule has 1 aromatic carbocycles. The van der Waals surface area contributed by atoms with Crippen molar-refractivity contribution in [3.63, 3.8) is 0 Å². The minimum atomic E-state index is -3.92. The van der Waals surface area contributed by atoms with E-state index < -0.39 is 52.0 Å². The van der Waals surface area contributed by atoms with Gasteiger partial charge in [0.25, 0.3) is 0 Å². The number of ketones is 1. The molecule has 2 rings (SSSR count). The van der Waals surface area contributed by atoms with Crippen LogP contribution in [-0.4, -0.2) is 61.9 Å². The second-order valence-electron chi connectivity index (χ2n) is 8.47. The fourth-order valence-corrected chi connectivity index (χ4v) is 4.98. The predicted molar refractivity (Wildman–Crippen MR) is 113 cm³/mol. The summed E-state index contributed by atoms with van der Waals surface area (Å²) in [5, 5.41) is 2.40. The van der Waals surface area contributed by atoms with Gasteiger partial charge < -0.3 is 14.8 Å². The molecule has 0 aromatic heterocycles. The lowest BCUT2D eigenvalue weighted by molar-refractivity contribution is -0.143. The number of aryl methyl sites for hydroxylation is 1. The van der Waals surface area contributed by atoms with Gasteiger partial charge in [-0.15, -0.1) is 0 Å². The van der Waals surface area contributed by atoms with Crippen molar-refractivity contribution in [2.24, 2.45) is 0 Å². The summed E-state index contributed by atoms with van der Waals surface area (Å²) in [6, 6.07) is 4.08. The lowest BCUT2D eigenvalue weighted by Crippen LogP contribution is -2.52. The van der Waals surface area contributed by atoms with Crippen molar-refractivity contribution < 1.29 is 32.3 Å². The standard InChI is InChI=1S/C21H30N2O7S/c1-14-8-10-15(11-9-14)31(27,28)23-12-6-7-17(23)19(25)16(13-18(24)29-5)22-20(26)30-21(2,3)4/h8-11,16-17H,6-7,12-13H2,1-5H3,(H,22,26)/t16?,17-/m1/s1. The van der Waals surface area contributed by atoms with E-state index in [1.54, 1.807) is 32.9 Å². The zero-order valence-electron chi connectivity index (χ0n) is 18.5. The van der Waals surface area contributed by atoms with Gasteiger partial charge in [-0.25, -0.2) is 13.2 Å². The van der Waals surface area contributed by atoms with E-state index in [-0.39, 0.29) is 17.9 Å². The highest BCUT2D eigenvalue weighted by Gasteiger charge is 2.42. The molecule has 0 bridgehead atoms. The topological polar surface area (TPSA) is 119 Å². The van der Waals surface area contributed by atoms with Crippen molar-refractivity contribution >= 4 is 27.9 Å². The number of rotatable bonds is 7. The Balaban J connectivity index is 2.28. The Morgan fingerprint density at radius 3 is 2.35 bits per heavy atom. The van der Waals surface area contributed by atoms with Crippen molar-refractivity contribution in [1.29, 1.82) is 0 Å². The molecule has 2 atom stereocenters. The van der Waals surface area contributed by atoms with Crippen LogP contribution in [0.3, 0.4) is 0 Å². The Hall–Kier alpha value is -2.46. The van der Waals surface area contributed by atoms with Crippen molar-refractivity contribution in [3.8, 4) is 0 Å². The molecule has 9 nitrogen and oxygen atoms in total. The summed E-state index contributed by atoms with van der Waals surface area (Å²) in [7, 11) is -2.75. The predicted octanol–water partition coefficient (Wildman–Crippen LogP) is 2.17. The highest BCUT2D eigenvalue weighted by molar-refractivity contribution is 7.89. The summed E-state index contributed by atoms with van der Waals surface area (Å²) < 4.78 is 37.2. The summed E-state index contributed by atoms with van der Waals surface area (Å²) in [4.78, 5) is 37.4. The van der Waals surface area contributed by atoms with Crippen molar-refractivity contribution in [3.05, 3.63) is 29.8 Å². The van der Waals surface area contributed by atoms with Gasteiger partial charge in [0.15, 0.2) is 5.78 Å². The molecular formula is C21H30N2O7S. The third-order valence-corrected chi connectivity index (χ3v) is 6.71. The van der Waals surface area contributed by atoms with E-state index in [0.29, 0.717) is 6.42 Å². The normalized spacial score (nSPS) is 18.3. The number of hydrogen-bond donors (Lipinski definition) is 1. The molecule has 1 N–H and O–H groups in total. The van der Waals surface area contributed by atoms with E-state index in [4.69, 9.17) is 4.74 Å². The van der Waals surface area contributed by atoms with Crippen molar-refractivity contribution in [1.82, 2.24) is 9.62 Å². The molecule has 10 heteroatoms. The SMILES string of the molecule is COC(=O)CC(NC(=O)OC(C)(C)C)C(=O)[C@H]1CCCN1S(=O)(=O)c1ccc(C)cc1. The van der Waals surface area contributed by atoms with E-state index in [1.165, 1.54) is 19.2 Å². The number of Topliss-reactive ketones (excluding diaryl/α,β-unsaturated/α-hetero) is 1. The first-order valence-corrected chi connectivity index (χ1v) is 11.5. The van der Waals surface area contributed by atoms with Crippen LogP contribution in [-0.2, 0) is 29.1 Å². The van der Waals surface area contributed by atoms with Crippen LogP contribution in [0.2, 0.25) is 0 Å². The Morgan fingerprint density at radius 1 is 1.19 bits per heavy atom. The molecule has 1 aromatic rings. The molecule has 1 amide bonds.